The Labute approximate surface area is 147 Å². The molecule has 6 heteroatoms. The molecule has 124 valence electrons. The highest BCUT2D eigenvalue weighted by Crippen LogP contribution is 2.32. The highest BCUT2D eigenvalue weighted by molar-refractivity contribution is 6.68. The molecule has 0 saturated carbocycles. The number of carbonyl (C=O) groups excluding carboxylic acids is 1. The largest absolute Gasteiger partial charge is 0.466 e. The van der Waals surface area contributed by atoms with Crippen LogP contribution in [0.1, 0.15) is 45.4 Å². The topological polar surface area (TPSA) is 38.3 Å². The van der Waals surface area contributed by atoms with Crippen molar-refractivity contribution in [2.75, 3.05) is 0 Å². The third-order valence-electron chi connectivity index (χ3n) is 3.09. The van der Waals surface area contributed by atoms with Crippen molar-refractivity contribution in [1.82, 2.24) is 5.32 Å². The minimum atomic E-state index is -1.74. The molecule has 0 unspecified atom stereocenters. The molecule has 0 bridgehead atoms. The highest BCUT2D eigenvalue weighted by atomic mass is 35.6. The SMILES string of the molecule is CCCCCCCC(=O)N[C@@H](Oc1ccccc1)C(Cl)(Cl)Cl. The van der Waals surface area contributed by atoms with Crippen LogP contribution in [0.5, 0.6) is 5.75 Å². The van der Waals surface area contributed by atoms with E-state index >= 15 is 0 Å². The fraction of sp³-hybridized carbons (Fsp3) is 0.562. The van der Waals surface area contributed by atoms with Crippen LogP contribution < -0.4 is 10.1 Å². The zero-order chi connectivity index (χ0) is 16.4. The van der Waals surface area contributed by atoms with Gasteiger partial charge in [-0.2, -0.15) is 0 Å². The van der Waals surface area contributed by atoms with E-state index in [2.05, 4.69) is 12.2 Å². The second kappa shape index (κ2) is 10.2. The van der Waals surface area contributed by atoms with Crippen LogP contribution in [0.3, 0.4) is 0 Å². The molecule has 0 fully saturated rings. The summed E-state index contributed by atoms with van der Waals surface area (Å²) >= 11 is 17.7. The zero-order valence-corrected chi connectivity index (χ0v) is 14.9. The summed E-state index contributed by atoms with van der Waals surface area (Å²) in [5.41, 5.74) is 0. The van der Waals surface area contributed by atoms with E-state index in [4.69, 9.17) is 39.5 Å². The minimum Gasteiger partial charge on any atom is -0.466 e. The third-order valence-corrected chi connectivity index (χ3v) is 3.69. The zero-order valence-electron chi connectivity index (χ0n) is 12.7. The lowest BCUT2D eigenvalue weighted by atomic mass is 10.1. The number of carbonyl (C=O) groups is 1. The number of nitrogens with one attached hydrogen (secondary N) is 1. The molecule has 1 N–H and O–H groups in total. The van der Waals surface area contributed by atoms with Crippen LogP contribution in [0.4, 0.5) is 0 Å². The molecule has 0 aliphatic carbocycles. The average molecular weight is 367 g/mol. The van der Waals surface area contributed by atoms with E-state index in [9.17, 15) is 4.79 Å². The number of benzene rings is 1. The maximum atomic E-state index is 12.0. The van der Waals surface area contributed by atoms with Gasteiger partial charge in [0.2, 0.25) is 15.9 Å². The quantitative estimate of drug-likeness (QED) is 0.369. The van der Waals surface area contributed by atoms with Gasteiger partial charge in [-0.05, 0) is 18.6 Å². The Balaban J connectivity index is 2.46. The third kappa shape index (κ3) is 8.11. The number of hydrogen-bond donors (Lipinski definition) is 1. The summed E-state index contributed by atoms with van der Waals surface area (Å²) < 4.78 is 3.82. The molecule has 0 spiro atoms. The van der Waals surface area contributed by atoms with Gasteiger partial charge in [0.25, 0.3) is 0 Å². The maximum absolute atomic E-state index is 12.0. The average Bonchev–Trinajstić information content (AvgIpc) is 2.46. The fourth-order valence-corrected chi connectivity index (χ4v) is 2.22. The molecule has 1 amide bonds. The lowest BCUT2D eigenvalue weighted by Gasteiger charge is -2.26. The Morgan fingerprint density at radius 1 is 1.14 bits per heavy atom. The van der Waals surface area contributed by atoms with Crippen molar-refractivity contribution in [3.63, 3.8) is 0 Å². The predicted molar refractivity (Wildman–Crippen MR) is 92.7 cm³/mol. The summed E-state index contributed by atoms with van der Waals surface area (Å²) in [6, 6.07) is 8.94. The van der Waals surface area contributed by atoms with Crippen LogP contribution in [0.15, 0.2) is 30.3 Å². The number of amides is 1. The van der Waals surface area contributed by atoms with Crippen LogP contribution in [-0.4, -0.2) is 15.9 Å². The van der Waals surface area contributed by atoms with Gasteiger partial charge in [-0.15, -0.1) is 0 Å². The van der Waals surface area contributed by atoms with Crippen LogP contribution in [0.2, 0.25) is 0 Å². The van der Waals surface area contributed by atoms with Gasteiger partial charge < -0.3 is 10.1 Å². The van der Waals surface area contributed by atoms with Gasteiger partial charge in [-0.25, -0.2) is 0 Å². The predicted octanol–water partition coefficient (Wildman–Crippen LogP) is 5.24. The second-order valence-electron chi connectivity index (χ2n) is 5.08. The molecule has 1 aromatic carbocycles. The number of alkyl halides is 3. The van der Waals surface area contributed by atoms with Crippen LogP contribution in [0, 0.1) is 0 Å². The molecule has 1 aromatic rings. The number of halogens is 3. The molecule has 1 atom stereocenters. The first-order chi connectivity index (χ1) is 10.4. The molecule has 0 aromatic heterocycles. The van der Waals surface area contributed by atoms with E-state index in [1.165, 1.54) is 12.8 Å². The first kappa shape index (κ1) is 19.4. The Morgan fingerprint density at radius 2 is 1.77 bits per heavy atom. The lowest BCUT2D eigenvalue weighted by Crippen LogP contribution is -2.47. The monoisotopic (exact) mass is 365 g/mol. The van der Waals surface area contributed by atoms with Crippen LogP contribution in [-0.2, 0) is 4.79 Å². The standard InChI is InChI=1S/C16H22Cl3NO2/c1-2-3-4-5-9-12-14(21)20-15(16(17,18)19)22-13-10-7-6-8-11-13/h6-8,10-11,15H,2-5,9,12H2,1H3,(H,20,21)/t15-/m0/s1. The lowest BCUT2D eigenvalue weighted by molar-refractivity contribution is -0.123. The minimum absolute atomic E-state index is 0.177. The summed E-state index contributed by atoms with van der Waals surface area (Å²) in [5.74, 6) is 0.353. The molecule has 0 aliphatic heterocycles. The van der Waals surface area contributed by atoms with Gasteiger partial charge in [-0.3, -0.25) is 4.79 Å². The molecule has 0 radical (unpaired) electrons. The van der Waals surface area contributed by atoms with Crippen LogP contribution in [0.25, 0.3) is 0 Å². The first-order valence-electron chi connectivity index (χ1n) is 7.51. The molecule has 1 rings (SSSR count). The number of rotatable bonds is 9. The van der Waals surface area contributed by atoms with Gasteiger partial charge in [-0.1, -0.05) is 85.6 Å². The molecular weight excluding hydrogens is 345 g/mol. The smallest absolute Gasteiger partial charge is 0.246 e. The van der Waals surface area contributed by atoms with E-state index in [1.54, 1.807) is 24.3 Å². The van der Waals surface area contributed by atoms with Gasteiger partial charge in [0, 0.05) is 6.42 Å². The summed E-state index contributed by atoms with van der Waals surface area (Å²) in [6.07, 6.45) is 4.73. The van der Waals surface area contributed by atoms with Crippen molar-refractivity contribution in [2.45, 2.75) is 55.5 Å². The van der Waals surface area contributed by atoms with Gasteiger partial charge >= 0.3 is 0 Å². The molecule has 0 aliphatic rings. The number of ether oxygens (including phenoxy) is 1. The Hall–Kier alpha value is -0.640. The van der Waals surface area contributed by atoms with E-state index < -0.39 is 10.0 Å². The van der Waals surface area contributed by atoms with Gasteiger partial charge in [0.05, 0.1) is 0 Å². The van der Waals surface area contributed by atoms with Gasteiger partial charge in [0.1, 0.15) is 5.75 Å². The van der Waals surface area contributed by atoms with Crippen molar-refractivity contribution in [3.8, 4) is 5.75 Å². The summed E-state index contributed by atoms with van der Waals surface area (Å²) in [5, 5.41) is 2.64. The molecule has 0 heterocycles. The van der Waals surface area contributed by atoms with Crippen molar-refractivity contribution in [2.24, 2.45) is 0 Å². The summed E-state index contributed by atoms with van der Waals surface area (Å²) in [6.45, 7) is 2.15. The number of unbranched alkanes of at least 4 members (excludes halogenated alkanes) is 4. The van der Waals surface area contributed by atoms with Crippen molar-refractivity contribution < 1.29 is 9.53 Å². The normalized spacial score (nSPS) is 12.7. The summed E-state index contributed by atoms with van der Waals surface area (Å²) in [4.78, 5) is 12.0. The number of hydrogen-bond acceptors (Lipinski definition) is 2. The molecule has 0 saturated heterocycles. The molecule has 22 heavy (non-hydrogen) atoms. The van der Waals surface area contributed by atoms with Crippen molar-refractivity contribution in [3.05, 3.63) is 30.3 Å². The van der Waals surface area contributed by atoms with E-state index in [0.717, 1.165) is 19.3 Å². The Bertz CT molecular complexity index is 435. The summed E-state index contributed by atoms with van der Waals surface area (Å²) in [7, 11) is 0. The Kier molecular flexibility index (Phi) is 8.99. The van der Waals surface area contributed by atoms with Crippen molar-refractivity contribution >= 4 is 40.7 Å². The van der Waals surface area contributed by atoms with E-state index in [-0.39, 0.29) is 5.91 Å². The Morgan fingerprint density at radius 3 is 2.36 bits per heavy atom. The molecular formula is C16H22Cl3NO2. The van der Waals surface area contributed by atoms with E-state index in [1.807, 2.05) is 6.07 Å². The highest BCUT2D eigenvalue weighted by Gasteiger charge is 2.36. The molecule has 3 nitrogen and oxygen atoms in total. The first-order valence-corrected chi connectivity index (χ1v) is 8.64. The van der Waals surface area contributed by atoms with E-state index in [0.29, 0.717) is 12.2 Å². The fourth-order valence-electron chi connectivity index (χ4n) is 1.92. The number of para-hydroxylation sites is 1. The van der Waals surface area contributed by atoms with Gasteiger partial charge in [0.15, 0.2) is 0 Å². The second-order valence-corrected chi connectivity index (χ2v) is 7.45. The van der Waals surface area contributed by atoms with Crippen molar-refractivity contribution in [1.29, 1.82) is 0 Å². The maximum Gasteiger partial charge on any atom is 0.246 e. The van der Waals surface area contributed by atoms with Crippen LogP contribution >= 0.6 is 34.8 Å².